The molecule has 0 amide bonds. The molecule has 3 rings (SSSR count). The molecule has 0 saturated heterocycles. The predicted molar refractivity (Wildman–Crippen MR) is 81.6 cm³/mol. The maximum atomic E-state index is 4.51. The first-order valence-corrected chi connectivity index (χ1v) is 7.69. The molecular formula is C17H23N3. The standard InChI is InChI=1S/C17H23N3/c1-2-6-15(7-3-1)10-11-18-12-16-13-19-20(14-16)17-8-4-5-9-17/h1-3,6-7,13-14,17-18H,4-5,8-12H2. The summed E-state index contributed by atoms with van der Waals surface area (Å²) in [5, 5.41) is 8.01. The first-order valence-electron chi connectivity index (χ1n) is 7.69. The number of benzene rings is 1. The largest absolute Gasteiger partial charge is 0.312 e. The summed E-state index contributed by atoms with van der Waals surface area (Å²) in [6.45, 7) is 1.93. The monoisotopic (exact) mass is 269 g/mol. The number of aromatic nitrogens is 2. The van der Waals surface area contributed by atoms with E-state index in [1.54, 1.807) is 0 Å². The second-order valence-corrected chi connectivity index (χ2v) is 5.68. The fourth-order valence-electron chi connectivity index (χ4n) is 2.95. The minimum atomic E-state index is 0.646. The molecule has 0 bridgehead atoms. The van der Waals surface area contributed by atoms with Gasteiger partial charge in [0, 0.05) is 18.3 Å². The molecule has 0 aliphatic heterocycles. The van der Waals surface area contributed by atoms with E-state index in [2.05, 4.69) is 51.6 Å². The molecule has 1 saturated carbocycles. The Labute approximate surface area is 121 Å². The van der Waals surface area contributed by atoms with Gasteiger partial charge in [-0.1, -0.05) is 43.2 Å². The number of nitrogens with one attached hydrogen (secondary N) is 1. The van der Waals surface area contributed by atoms with Crippen LogP contribution in [0.4, 0.5) is 0 Å². The molecule has 3 heteroatoms. The maximum absolute atomic E-state index is 4.51. The second-order valence-electron chi connectivity index (χ2n) is 5.68. The predicted octanol–water partition coefficient (Wildman–Crippen LogP) is 3.33. The summed E-state index contributed by atoms with van der Waals surface area (Å²) in [4.78, 5) is 0. The summed E-state index contributed by atoms with van der Waals surface area (Å²) in [5.74, 6) is 0. The Hall–Kier alpha value is -1.61. The molecule has 3 nitrogen and oxygen atoms in total. The van der Waals surface area contributed by atoms with Crippen LogP contribution in [0, 0.1) is 0 Å². The van der Waals surface area contributed by atoms with E-state index in [4.69, 9.17) is 0 Å². The van der Waals surface area contributed by atoms with Crippen molar-refractivity contribution in [2.75, 3.05) is 6.54 Å². The van der Waals surface area contributed by atoms with Gasteiger partial charge in [0.05, 0.1) is 12.2 Å². The van der Waals surface area contributed by atoms with Crippen LogP contribution in [-0.2, 0) is 13.0 Å². The van der Waals surface area contributed by atoms with Crippen molar-refractivity contribution in [3.05, 3.63) is 53.9 Å². The van der Waals surface area contributed by atoms with E-state index >= 15 is 0 Å². The molecule has 20 heavy (non-hydrogen) atoms. The Morgan fingerprint density at radius 2 is 1.90 bits per heavy atom. The Bertz CT molecular complexity index is 512. The fourth-order valence-corrected chi connectivity index (χ4v) is 2.95. The van der Waals surface area contributed by atoms with Crippen LogP contribution in [0.5, 0.6) is 0 Å². The highest BCUT2D eigenvalue weighted by Gasteiger charge is 2.17. The van der Waals surface area contributed by atoms with Crippen molar-refractivity contribution in [3.8, 4) is 0 Å². The molecule has 1 aromatic heterocycles. The summed E-state index contributed by atoms with van der Waals surface area (Å²) in [6, 6.07) is 11.3. The summed E-state index contributed by atoms with van der Waals surface area (Å²) < 4.78 is 2.17. The lowest BCUT2D eigenvalue weighted by atomic mass is 10.1. The molecule has 2 aromatic rings. The highest BCUT2D eigenvalue weighted by molar-refractivity contribution is 5.15. The zero-order valence-electron chi connectivity index (χ0n) is 12.0. The minimum absolute atomic E-state index is 0.646. The van der Waals surface area contributed by atoms with E-state index in [1.165, 1.54) is 36.8 Å². The van der Waals surface area contributed by atoms with Gasteiger partial charge in [-0.2, -0.15) is 5.10 Å². The first kappa shape index (κ1) is 13.4. The SMILES string of the molecule is c1ccc(CCNCc2cnn(C3CCCC3)c2)cc1. The zero-order valence-corrected chi connectivity index (χ0v) is 12.0. The van der Waals surface area contributed by atoms with E-state index in [1.807, 2.05) is 6.20 Å². The topological polar surface area (TPSA) is 29.9 Å². The summed E-state index contributed by atoms with van der Waals surface area (Å²) in [6.07, 6.45) is 10.6. The highest BCUT2D eigenvalue weighted by Crippen LogP contribution is 2.28. The first-order chi connectivity index (χ1) is 9.92. The van der Waals surface area contributed by atoms with Gasteiger partial charge in [0.15, 0.2) is 0 Å². The van der Waals surface area contributed by atoms with Gasteiger partial charge in [-0.3, -0.25) is 4.68 Å². The van der Waals surface area contributed by atoms with Gasteiger partial charge in [-0.05, 0) is 31.4 Å². The summed E-state index contributed by atoms with van der Waals surface area (Å²) >= 11 is 0. The van der Waals surface area contributed by atoms with Crippen molar-refractivity contribution < 1.29 is 0 Å². The molecule has 1 fully saturated rings. The molecular weight excluding hydrogens is 246 g/mol. The third kappa shape index (κ3) is 3.48. The quantitative estimate of drug-likeness (QED) is 0.815. The van der Waals surface area contributed by atoms with Gasteiger partial charge in [0.25, 0.3) is 0 Å². The van der Waals surface area contributed by atoms with Gasteiger partial charge < -0.3 is 5.32 Å². The lowest BCUT2D eigenvalue weighted by molar-refractivity contribution is 0.466. The molecule has 0 unspecified atom stereocenters. The van der Waals surface area contributed by atoms with Crippen molar-refractivity contribution in [2.45, 2.75) is 44.7 Å². The van der Waals surface area contributed by atoms with Crippen molar-refractivity contribution >= 4 is 0 Å². The molecule has 106 valence electrons. The lowest BCUT2D eigenvalue weighted by Gasteiger charge is -2.08. The van der Waals surface area contributed by atoms with E-state index < -0.39 is 0 Å². The van der Waals surface area contributed by atoms with E-state index in [0.29, 0.717) is 6.04 Å². The number of hydrogen-bond acceptors (Lipinski definition) is 2. The second kappa shape index (κ2) is 6.71. The van der Waals surface area contributed by atoms with Crippen molar-refractivity contribution in [2.24, 2.45) is 0 Å². The molecule has 1 heterocycles. The average Bonchev–Trinajstić information content (AvgIpc) is 3.15. The van der Waals surface area contributed by atoms with Crippen LogP contribution in [0.15, 0.2) is 42.7 Å². The molecule has 0 radical (unpaired) electrons. The van der Waals surface area contributed by atoms with E-state index in [0.717, 1.165) is 19.5 Å². The van der Waals surface area contributed by atoms with Crippen LogP contribution in [0.1, 0.15) is 42.9 Å². The number of rotatable bonds is 6. The highest BCUT2D eigenvalue weighted by atomic mass is 15.3. The third-order valence-corrected chi connectivity index (χ3v) is 4.12. The minimum Gasteiger partial charge on any atom is -0.312 e. The van der Waals surface area contributed by atoms with E-state index in [-0.39, 0.29) is 0 Å². The molecule has 0 spiro atoms. The Morgan fingerprint density at radius 1 is 1.10 bits per heavy atom. The smallest absolute Gasteiger partial charge is 0.0534 e. The van der Waals surface area contributed by atoms with Crippen LogP contribution in [-0.4, -0.2) is 16.3 Å². The van der Waals surface area contributed by atoms with Crippen LogP contribution < -0.4 is 5.32 Å². The normalized spacial score (nSPS) is 15.8. The van der Waals surface area contributed by atoms with Crippen molar-refractivity contribution in [1.82, 2.24) is 15.1 Å². The van der Waals surface area contributed by atoms with Gasteiger partial charge in [-0.15, -0.1) is 0 Å². The number of nitrogens with zero attached hydrogens (tertiary/aromatic N) is 2. The van der Waals surface area contributed by atoms with Gasteiger partial charge >= 0.3 is 0 Å². The molecule has 0 atom stereocenters. The van der Waals surface area contributed by atoms with Crippen LogP contribution >= 0.6 is 0 Å². The van der Waals surface area contributed by atoms with Gasteiger partial charge in [0.2, 0.25) is 0 Å². The third-order valence-electron chi connectivity index (χ3n) is 4.12. The maximum Gasteiger partial charge on any atom is 0.0534 e. The molecule has 1 N–H and O–H groups in total. The summed E-state index contributed by atoms with van der Waals surface area (Å²) in [5.41, 5.74) is 2.69. The Morgan fingerprint density at radius 3 is 2.70 bits per heavy atom. The van der Waals surface area contributed by atoms with Gasteiger partial charge in [0.1, 0.15) is 0 Å². The molecule has 1 aromatic carbocycles. The van der Waals surface area contributed by atoms with E-state index in [9.17, 15) is 0 Å². The number of hydrogen-bond donors (Lipinski definition) is 1. The van der Waals surface area contributed by atoms with Crippen LogP contribution in [0.25, 0.3) is 0 Å². The van der Waals surface area contributed by atoms with Crippen LogP contribution in [0.2, 0.25) is 0 Å². The van der Waals surface area contributed by atoms with Crippen molar-refractivity contribution in [3.63, 3.8) is 0 Å². The lowest BCUT2D eigenvalue weighted by Crippen LogP contribution is -2.16. The summed E-state index contributed by atoms with van der Waals surface area (Å²) in [7, 11) is 0. The average molecular weight is 269 g/mol. The fraction of sp³-hybridized carbons (Fsp3) is 0.471. The zero-order chi connectivity index (χ0) is 13.6. The Kier molecular flexibility index (Phi) is 4.49. The Balaban J connectivity index is 1.42. The molecule has 1 aliphatic rings. The van der Waals surface area contributed by atoms with Crippen molar-refractivity contribution in [1.29, 1.82) is 0 Å². The molecule has 1 aliphatic carbocycles. The van der Waals surface area contributed by atoms with Gasteiger partial charge in [-0.25, -0.2) is 0 Å². The van der Waals surface area contributed by atoms with Crippen LogP contribution in [0.3, 0.4) is 0 Å².